The zero-order valence-electron chi connectivity index (χ0n) is 19.0. The highest BCUT2D eigenvalue weighted by molar-refractivity contribution is 6.28. The van der Waals surface area contributed by atoms with E-state index >= 15 is 0 Å². The quantitative estimate of drug-likeness (QED) is 0.609. The van der Waals surface area contributed by atoms with Gasteiger partial charge >= 0.3 is 0 Å². The molecule has 2 aromatic rings. The van der Waals surface area contributed by atoms with Crippen molar-refractivity contribution in [2.45, 2.75) is 38.1 Å². The van der Waals surface area contributed by atoms with Gasteiger partial charge in [0.25, 0.3) is 0 Å². The Morgan fingerprint density at radius 1 is 0.909 bits per heavy atom. The van der Waals surface area contributed by atoms with Crippen molar-refractivity contribution in [2.75, 3.05) is 77.2 Å². The molecule has 0 aliphatic carbocycles. The second-order valence-electron chi connectivity index (χ2n) is 9.31. The molecule has 10 nitrogen and oxygen atoms in total. The van der Waals surface area contributed by atoms with Gasteiger partial charge in [-0.05, 0) is 30.9 Å². The van der Waals surface area contributed by atoms with E-state index in [4.69, 9.17) is 30.8 Å². The van der Waals surface area contributed by atoms with Gasteiger partial charge in [0.2, 0.25) is 5.28 Å². The van der Waals surface area contributed by atoms with Gasteiger partial charge in [0.05, 0.1) is 33.0 Å². The zero-order valence-corrected chi connectivity index (χ0v) is 19.8. The molecule has 180 valence electrons. The number of halogens is 1. The minimum Gasteiger partial charge on any atom is -0.378 e. The predicted molar refractivity (Wildman–Crippen MR) is 124 cm³/mol. The summed E-state index contributed by atoms with van der Waals surface area (Å²) in [6, 6.07) is 0.453. The van der Waals surface area contributed by atoms with Crippen molar-refractivity contribution in [3.05, 3.63) is 11.1 Å². The molecule has 1 unspecified atom stereocenters. The average molecular weight is 478 g/mol. The third-order valence-electron chi connectivity index (χ3n) is 7.21. The summed E-state index contributed by atoms with van der Waals surface area (Å²) in [7, 11) is 0. The van der Waals surface area contributed by atoms with Crippen LogP contribution in [0.4, 0.5) is 5.82 Å². The van der Waals surface area contributed by atoms with Crippen LogP contribution in [0.15, 0.2) is 0 Å². The molecule has 4 aliphatic rings. The molecule has 4 saturated heterocycles. The largest absolute Gasteiger partial charge is 0.378 e. The Balaban J connectivity index is 1.36. The van der Waals surface area contributed by atoms with Gasteiger partial charge in [-0.15, -0.1) is 0 Å². The Labute approximate surface area is 198 Å². The maximum absolute atomic E-state index is 6.44. The number of hydrogen-bond donors (Lipinski definition) is 0. The van der Waals surface area contributed by atoms with Gasteiger partial charge in [0, 0.05) is 51.9 Å². The molecule has 4 fully saturated rings. The van der Waals surface area contributed by atoms with Crippen LogP contribution >= 0.6 is 11.6 Å². The standard InChI is InChI=1S/C22H32ClN7O3/c23-22-25-20(29-7-10-31-11-8-29)19-21(26-22)30(18-3-1-2-9-33-18)17(24-19)14-27-4-5-28-6-12-32-15-16(28)13-27/h16,18H,1-15H2/t16-,18?/m1/s1. The Bertz CT molecular complexity index is 977. The molecule has 2 aromatic heterocycles. The van der Waals surface area contributed by atoms with Crippen molar-refractivity contribution in [1.29, 1.82) is 0 Å². The minimum atomic E-state index is -0.0680. The first-order chi connectivity index (χ1) is 16.3. The van der Waals surface area contributed by atoms with E-state index in [1.165, 1.54) is 0 Å². The molecule has 0 aromatic carbocycles. The van der Waals surface area contributed by atoms with Crippen LogP contribution in [-0.2, 0) is 20.8 Å². The third-order valence-corrected chi connectivity index (χ3v) is 7.38. The van der Waals surface area contributed by atoms with Crippen molar-refractivity contribution < 1.29 is 14.2 Å². The molecular weight excluding hydrogens is 446 g/mol. The van der Waals surface area contributed by atoms with Crippen LogP contribution in [0.5, 0.6) is 0 Å². The maximum Gasteiger partial charge on any atom is 0.226 e. The fourth-order valence-corrected chi connectivity index (χ4v) is 5.63. The van der Waals surface area contributed by atoms with Crippen molar-refractivity contribution >= 4 is 28.6 Å². The van der Waals surface area contributed by atoms with Crippen LogP contribution in [0.1, 0.15) is 31.3 Å². The summed E-state index contributed by atoms with van der Waals surface area (Å²) in [5.41, 5.74) is 1.59. The van der Waals surface area contributed by atoms with Gasteiger partial charge < -0.3 is 19.1 Å². The lowest BCUT2D eigenvalue weighted by Gasteiger charge is -2.43. The summed E-state index contributed by atoms with van der Waals surface area (Å²) in [6.07, 6.45) is 3.12. The normalized spacial score (nSPS) is 27.7. The van der Waals surface area contributed by atoms with Crippen molar-refractivity contribution in [1.82, 2.24) is 29.3 Å². The molecule has 4 aliphatic heterocycles. The van der Waals surface area contributed by atoms with Crippen molar-refractivity contribution in [3.8, 4) is 0 Å². The van der Waals surface area contributed by atoms with Crippen LogP contribution in [0.3, 0.4) is 0 Å². The number of rotatable bonds is 4. The first-order valence-corrected chi connectivity index (χ1v) is 12.6. The lowest BCUT2D eigenvalue weighted by Crippen LogP contribution is -2.57. The number of fused-ring (bicyclic) bond motifs is 2. The first kappa shape index (κ1) is 21.9. The van der Waals surface area contributed by atoms with Crippen LogP contribution in [0, 0.1) is 0 Å². The lowest BCUT2D eigenvalue weighted by molar-refractivity contribution is -0.0498. The second kappa shape index (κ2) is 9.59. The average Bonchev–Trinajstić information content (AvgIpc) is 3.22. The number of ether oxygens (including phenoxy) is 3. The number of aromatic nitrogens is 4. The van der Waals surface area contributed by atoms with Gasteiger partial charge in [0.15, 0.2) is 17.0 Å². The van der Waals surface area contributed by atoms with Gasteiger partial charge in [-0.1, -0.05) is 0 Å². The molecule has 0 bridgehead atoms. The van der Waals surface area contributed by atoms with E-state index in [9.17, 15) is 0 Å². The van der Waals surface area contributed by atoms with Crippen LogP contribution < -0.4 is 4.90 Å². The lowest BCUT2D eigenvalue weighted by atomic mass is 10.1. The molecule has 2 atom stereocenters. The third kappa shape index (κ3) is 4.44. The molecule has 0 saturated carbocycles. The fourth-order valence-electron chi connectivity index (χ4n) is 5.47. The summed E-state index contributed by atoms with van der Waals surface area (Å²) >= 11 is 6.44. The Morgan fingerprint density at radius 2 is 1.79 bits per heavy atom. The highest BCUT2D eigenvalue weighted by Crippen LogP contribution is 2.33. The molecule has 0 radical (unpaired) electrons. The number of morpholine rings is 2. The maximum atomic E-state index is 6.44. The Hall–Kier alpha value is -1.56. The minimum absolute atomic E-state index is 0.0680. The smallest absolute Gasteiger partial charge is 0.226 e. The molecule has 6 heterocycles. The summed E-state index contributed by atoms with van der Waals surface area (Å²) in [4.78, 5) is 21.6. The molecule has 0 N–H and O–H groups in total. The molecule has 33 heavy (non-hydrogen) atoms. The molecule has 0 amide bonds. The number of piperazine rings is 1. The Kier molecular flexibility index (Phi) is 6.38. The van der Waals surface area contributed by atoms with E-state index in [-0.39, 0.29) is 11.5 Å². The van der Waals surface area contributed by atoms with E-state index in [0.29, 0.717) is 19.3 Å². The molecular formula is C22H32ClN7O3. The van der Waals surface area contributed by atoms with Crippen LogP contribution in [0.2, 0.25) is 5.28 Å². The predicted octanol–water partition coefficient (Wildman–Crippen LogP) is 1.53. The van der Waals surface area contributed by atoms with Crippen LogP contribution in [0.25, 0.3) is 11.2 Å². The van der Waals surface area contributed by atoms with Crippen molar-refractivity contribution in [3.63, 3.8) is 0 Å². The second-order valence-corrected chi connectivity index (χ2v) is 9.65. The summed E-state index contributed by atoms with van der Waals surface area (Å²) < 4.78 is 19.7. The summed E-state index contributed by atoms with van der Waals surface area (Å²) in [5, 5.41) is 0.250. The highest BCUT2D eigenvalue weighted by atomic mass is 35.5. The van der Waals surface area contributed by atoms with E-state index in [0.717, 1.165) is 108 Å². The van der Waals surface area contributed by atoms with E-state index < -0.39 is 0 Å². The van der Waals surface area contributed by atoms with Crippen LogP contribution in [-0.4, -0.2) is 108 Å². The fraction of sp³-hybridized carbons (Fsp3) is 0.773. The molecule has 0 spiro atoms. The topological polar surface area (TPSA) is 81.0 Å². The van der Waals surface area contributed by atoms with Gasteiger partial charge in [-0.25, -0.2) is 4.98 Å². The SMILES string of the molecule is Clc1nc(N2CCOCC2)c2nc(CN3CCN4CCOC[C@H]4C3)n(C3CCCCO3)c2n1. The monoisotopic (exact) mass is 477 g/mol. The zero-order chi connectivity index (χ0) is 22.2. The van der Waals surface area contributed by atoms with Gasteiger partial charge in [0.1, 0.15) is 12.1 Å². The van der Waals surface area contributed by atoms with Gasteiger partial charge in [-0.2, -0.15) is 9.97 Å². The van der Waals surface area contributed by atoms with Gasteiger partial charge in [-0.3, -0.25) is 14.4 Å². The number of anilines is 1. The molecule has 6 rings (SSSR count). The molecule has 11 heteroatoms. The van der Waals surface area contributed by atoms with E-state index in [1.54, 1.807) is 0 Å². The van der Waals surface area contributed by atoms with E-state index in [1.807, 2.05) is 0 Å². The Morgan fingerprint density at radius 3 is 2.64 bits per heavy atom. The highest BCUT2D eigenvalue weighted by Gasteiger charge is 2.32. The number of hydrogen-bond acceptors (Lipinski definition) is 9. The first-order valence-electron chi connectivity index (χ1n) is 12.2. The number of imidazole rings is 1. The summed E-state index contributed by atoms with van der Waals surface area (Å²) in [6.45, 7) is 10.2. The number of nitrogens with zero attached hydrogens (tertiary/aromatic N) is 7. The van der Waals surface area contributed by atoms with Crippen molar-refractivity contribution in [2.24, 2.45) is 0 Å². The van der Waals surface area contributed by atoms with E-state index in [2.05, 4.69) is 29.2 Å². The summed E-state index contributed by atoms with van der Waals surface area (Å²) in [5.74, 6) is 1.78.